The van der Waals surface area contributed by atoms with Crippen LogP contribution in [-0.4, -0.2) is 18.1 Å². The SMILES string of the molecule is O=C(N/N=C/c1ccc(OC(=O)c2ccccc2Cl)cc1)c1ccc(OCc2ccc(Cl)cc2)cc1. The summed E-state index contributed by atoms with van der Waals surface area (Å²) in [5.74, 6) is 0.0938. The first-order valence-corrected chi connectivity index (χ1v) is 11.6. The molecule has 0 aliphatic rings. The number of amides is 1. The van der Waals surface area contributed by atoms with Crippen LogP contribution in [0, 0.1) is 0 Å². The van der Waals surface area contributed by atoms with Gasteiger partial charge in [-0.1, -0.05) is 47.5 Å². The maximum atomic E-state index is 12.3. The van der Waals surface area contributed by atoms with Gasteiger partial charge >= 0.3 is 5.97 Å². The molecular formula is C28H20Cl2N2O4. The summed E-state index contributed by atoms with van der Waals surface area (Å²) >= 11 is 11.9. The molecule has 0 bridgehead atoms. The molecule has 36 heavy (non-hydrogen) atoms. The van der Waals surface area contributed by atoms with Gasteiger partial charge < -0.3 is 9.47 Å². The Balaban J connectivity index is 1.26. The van der Waals surface area contributed by atoms with E-state index in [0.29, 0.717) is 39.3 Å². The van der Waals surface area contributed by atoms with Crippen molar-refractivity contribution in [1.29, 1.82) is 0 Å². The Labute approximate surface area is 218 Å². The van der Waals surface area contributed by atoms with Gasteiger partial charge in [-0.05, 0) is 83.9 Å². The molecule has 0 fully saturated rings. The zero-order valence-corrected chi connectivity index (χ0v) is 20.4. The quantitative estimate of drug-likeness (QED) is 0.124. The highest BCUT2D eigenvalue weighted by Crippen LogP contribution is 2.19. The van der Waals surface area contributed by atoms with Crippen molar-refractivity contribution in [2.24, 2.45) is 5.10 Å². The summed E-state index contributed by atoms with van der Waals surface area (Å²) in [5.41, 5.74) is 4.90. The first-order valence-electron chi connectivity index (χ1n) is 10.9. The van der Waals surface area contributed by atoms with Gasteiger partial charge in [-0.25, -0.2) is 10.2 Å². The van der Waals surface area contributed by atoms with E-state index in [1.165, 1.54) is 6.21 Å². The lowest BCUT2D eigenvalue weighted by atomic mass is 10.2. The van der Waals surface area contributed by atoms with Gasteiger partial charge in [-0.15, -0.1) is 0 Å². The number of halogens is 2. The molecule has 8 heteroatoms. The molecule has 6 nitrogen and oxygen atoms in total. The van der Waals surface area contributed by atoms with E-state index in [0.717, 1.165) is 5.56 Å². The largest absolute Gasteiger partial charge is 0.489 e. The molecule has 4 aromatic carbocycles. The van der Waals surface area contributed by atoms with Crippen molar-refractivity contribution >= 4 is 41.3 Å². The second-order valence-electron chi connectivity index (χ2n) is 7.58. The van der Waals surface area contributed by atoms with Crippen LogP contribution in [0.4, 0.5) is 0 Å². The Morgan fingerprint density at radius 2 is 1.47 bits per heavy atom. The van der Waals surface area contributed by atoms with Crippen molar-refractivity contribution in [3.8, 4) is 11.5 Å². The molecule has 0 aromatic heterocycles. The molecule has 0 spiro atoms. The summed E-state index contributed by atoms with van der Waals surface area (Å²) in [6.45, 7) is 0.394. The predicted molar refractivity (Wildman–Crippen MR) is 140 cm³/mol. The van der Waals surface area contributed by atoms with Gasteiger partial charge in [0.25, 0.3) is 5.91 Å². The molecule has 0 radical (unpaired) electrons. The maximum absolute atomic E-state index is 12.3. The highest BCUT2D eigenvalue weighted by molar-refractivity contribution is 6.33. The average molecular weight is 519 g/mol. The molecule has 0 unspecified atom stereocenters. The number of nitrogens with one attached hydrogen (secondary N) is 1. The van der Waals surface area contributed by atoms with Gasteiger partial charge in [0.2, 0.25) is 0 Å². The Kier molecular flexibility index (Phi) is 8.34. The minimum atomic E-state index is -0.546. The van der Waals surface area contributed by atoms with Crippen LogP contribution in [0.25, 0.3) is 0 Å². The van der Waals surface area contributed by atoms with E-state index in [4.69, 9.17) is 32.7 Å². The van der Waals surface area contributed by atoms with E-state index in [1.54, 1.807) is 84.9 Å². The highest BCUT2D eigenvalue weighted by atomic mass is 35.5. The lowest BCUT2D eigenvalue weighted by Gasteiger charge is -2.07. The summed E-state index contributed by atoms with van der Waals surface area (Å²) < 4.78 is 11.1. The standard InChI is InChI=1S/C28H20Cl2N2O4/c29-22-11-5-20(6-12-22)18-35-23-15-9-21(10-16-23)27(33)32-31-17-19-7-13-24(14-8-19)36-28(34)25-3-1-2-4-26(25)30/h1-17H,18H2,(H,32,33)/b31-17+. The molecule has 0 saturated heterocycles. The van der Waals surface area contributed by atoms with E-state index < -0.39 is 5.97 Å². The fourth-order valence-electron chi connectivity index (χ4n) is 3.09. The third kappa shape index (κ3) is 6.95. The number of hydrogen-bond donors (Lipinski definition) is 1. The topological polar surface area (TPSA) is 77.0 Å². The van der Waals surface area contributed by atoms with Crippen LogP contribution in [0.3, 0.4) is 0 Å². The molecule has 1 amide bonds. The van der Waals surface area contributed by atoms with Crippen LogP contribution in [0.2, 0.25) is 10.0 Å². The number of hydrogen-bond acceptors (Lipinski definition) is 5. The van der Waals surface area contributed by atoms with Crippen LogP contribution in [0.5, 0.6) is 11.5 Å². The average Bonchev–Trinajstić information content (AvgIpc) is 2.90. The van der Waals surface area contributed by atoms with E-state index >= 15 is 0 Å². The van der Waals surface area contributed by atoms with Crippen LogP contribution in [-0.2, 0) is 6.61 Å². The molecule has 0 saturated carbocycles. The molecule has 4 rings (SSSR count). The van der Waals surface area contributed by atoms with Gasteiger partial charge in [0.1, 0.15) is 18.1 Å². The van der Waals surface area contributed by atoms with Crippen LogP contribution in [0.1, 0.15) is 31.8 Å². The van der Waals surface area contributed by atoms with Crippen molar-refractivity contribution < 1.29 is 19.1 Å². The summed E-state index contributed by atoms with van der Waals surface area (Å²) in [5, 5.41) is 4.97. The minimum Gasteiger partial charge on any atom is -0.489 e. The zero-order valence-electron chi connectivity index (χ0n) is 18.9. The number of hydrazone groups is 1. The van der Waals surface area contributed by atoms with E-state index in [1.807, 2.05) is 12.1 Å². The van der Waals surface area contributed by atoms with Crippen molar-refractivity contribution in [2.75, 3.05) is 0 Å². The smallest absolute Gasteiger partial charge is 0.345 e. The third-order valence-corrected chi connectivity index (χ3v) is 5.58. The Morgan fingerprint density at radius 1 is 0.806 bits per heavy atom. The molecule has 0 atom stereocenters. The minimum absolute atomic E-state index is 0.286. The first kappa shape index (κ1) is 25.0. The monoisotopic (exact) mass is 518 g/mol. The second-order valence-corrected chi connectivity index (χ2v) is 8.42. The number of rotatable bonds is 8. The normalized spacial score (nSPS) is 10.7. The lowest BCUT2D eigenvalue weighted by Crippen LogP contribution is -2.17. The second kappa shape index (κ2) is 12.0. The molecule has 0 aliphatic heterocycles. The summed E-state index contributed by atoms with van der Waals surface area (Å²) in [4.78, 5) is 24.6. The fourth-order valence-corrected chi connectivity index (χ4v) is 3.43. The number of carbonyl (C=O) groups excluding carboxylic acids is 2. The summed E-state index contributed by atoms with van der Waals surface area (Å²) in [6, 6.07) is 27.5. The fraction of sp³-hybridized carbons (Fsp3) is 0.0357. The molecule has 0 aliphatic carbocycles. The maximum Gasteiger partial charge on any atom is 0.345 e. The van der Waals surface area contributed by atoms with Gasteiger partial charge in [-0.3, -0.25) is 4.79 Å². The van der Waals surface area contributed by atoms with E-state index in [-0.39, 0.29) is 11.5 Å². The van der Waals surface area contributed by atoms with Gasteiger partial charge in [0, 0.05) is 10.6 Å². The first-order chi connectivity index (χ1) is 17.5. The van der Waals surface area contributed by atoms with Crippen molar-refractivity contribution in [1.82, 2.24) is 5.43 Å². The van der Waals surface area contributed by atoms with Gasteiger partial charge in [-0.2, -0.15) is 5.10 Å². The number of esters is 1. The summed E-state index contributed by atoms with van der Waals surface area (Å²) in [6.07, 6.45) is 1.49. The Bertz CT molecular complexity index is 1370. The third-order valence-electron chi connectivity index (χ3n) is 5.00. The molecule has 4 aromatic rings. The Morgan fingerprint density at radius 3 is 2.17 bits per heavy atom. The number of ether oxygens (including phenoxy) is 2. The van der Waals surface area contributed by atoms with Gasteiger partial charge in [0.05, 0.1) is 16.8 Å². The number of nitrogens with zero attached hydrogens (tertiary/aromatic N) is 1. The number of carbonyl (C=O) groups is 2. The van der Waals surface area contributed by atoms with E-state index in [2.05, 4.69) is 10.5 Å². The van der Waals surface area contributed by atoms with Crippen LogP contribution in [0.15, 0.2) is 102 Å². The summed E-state index contributed by atoms with van der Waals surface area (Å²) in [7, 11) is 0. The van der Waals surface area contributed by atoms with Crippen molar-refractivity contribution in [3.05, 3.63) is 129 Å². The van der Waals surface area contributed by atoms with Crippen molar-refractivity contribution in [3.63, 3.8) is 0 Å². The van der Waals surface area contributed by atoms with E-state index in [9.17, 15) is 9.59 Å². The number of benzene rings is 4. The van der Waals surface area contributed by atoms with Crippen molar-refractivity contribution in [2.45, 2.75) is 6.61 Å². The molecule has 1 N–H and O–H groups in total. The predicted octanol–water partition coefficient (Wildman–Crippen LogP) is 6.56. The van der Waals surface area contributed by atoms with Gasteiger partial charge in [0.15, 0.2) is 0 Å². The lowest BCUT2D eigenvalue weighted by molar-refractivity contribution is 0.0734. The Hall–Kier alpha value is -4.13. The molecule has 180 valence electrons. The molecule has 0 heterocycles. The van der Waals surface area contributed by atoms with Crippen LogP contribution < -0.4 is 14.9 Å². The van der Waals surface area contributed by atoms with Crippen LogP contribution >= 0.6 is 23.2 Å². The molecular weight excluding hydrogens is 499 g/mol. The zero-order chi connectivity index (χ0) is 25.3. The highest BCUT2D eigenvalue weighted by Gasteiger charge is 2.12.